The highest BCUT2D eigenvalue weighted by molar-refractivity contribution is 7.21. The molecule has 0 saturated heterocycles. The minimum Gasteiger partial charge on any atom is -0.397 e. The van der Waals surface area contributed by atoms with Gasteiger partial charge >= 0.3 is 6.18 Å². The highest BCUT2D eigenvalue weighted by atomic mass is 32.1. The SMILES string of the molecule is CCn1ncc(-c2cc(C(F)(F)F)nc3sc(C(N)=O)c(N)c23)c1C. The molecule has 0 fully saturated rings. The Bertz CT molecular complexity index is 989. The fourth-order valence-corrected chi connectivity index (χ4v) is 3.66. The van der Waals surface area contributed by atoms with E-state index in [0.717, 1.165) is 17.4 Å². The Morgan fingerprint density at radius 1 is 1.36 bits per heavy atom. The number of alkyl halides is 3. The number of pyridine rings is 1. The molecule has 0 aliphatic carbocycles. The molecule has 3 aromatic heterocycles. The summed E-state index contributed by atoms with van der Waals surface area (Å²) in [7, 11) is 0. The number of aromatic nitrogens is 3. The summed E-state index contributed by atoms with van der Waals surface area (Å²) in [5.41, 5.74) is 11.7. The molecule has 3 heterocycles. The highest BCUT2D eigenvalue weighted by Crippen LogP contribution is 2.42. The van der Waals surface area contributed by atoms with E-state index in [1.54, 1.807) is 11.6 Å². The summed E-state index contributed by atoms with van der Waals surface area (Å²) in [6, 6.07) is 0.931. The molecule has 1 amide bonds. The van der Waals surface area contributed by atoms with Crippen LogP contribution in [0.3, 0.4) is 0 Å². The van der Waals surface area contributed by atoms with E-state index in [4.69, 9.17) is 11.5 Å². The Hall–Kier alpha value is -2.62. The number of fused-ring (bicyclic) bond motifs is 1. The highest BCUT2D eigenvalue weighted by Gasteiger charge is 2.35. The normalized spacial score (nSPS) is 12.0. The van der Waals surface area contributed by atoms with Gasteiger partial charge in [0.15, 0.2) is 0 Å². The lowest BCUT2D eigenvalue weighted by Gasteiger charge is -2.10. The van der Waals surface area contributed by atoms with Crippen molar-refractivity contribution in [3.05, 3.63) is 28.5 Å². The zero-order chi connectivity index (χ0) is 18.5. The number of aryl methyl sites for hydroxylation is 1. The maximum Gasteiger partial charge on any atom is 0.433 e. The van der Waals surface area contributed by atoms with E-state index in [-0.39, 0.29) is 26.3 Å². The van der Waals surface area contributed by atoms with Gasteiger partial charge in [0.1, 0.15) is 15.4 Å². The summed E-state index contributed by atoms with van der Waals surface area (Å²) < 4.78 is 41.4. The molecule has 0 aliphatic rings. The fraction of sp³-hybridized carbons (Fsp3) is 0.267. The standard InChI is InChI=1S/C15H14F3N5OS/c1-3-23-6(2)8(5-21-23)7-4-9(15(16,17)18)22-14-10(7)11(19)12(25-14)13(20)24/h4-5H,3,19H2,1-2H3,(H2,20,24). The van der Waals surface area contributed by atoms with Gasteiger partial charge in [-0.25, -0.2) is 4.98 Å². The van der Waals surface area contributed by atoms with E-state index in [9.17, 15) is 18.0 Å². The van der Waals surface area contributed by atoms with Crippen LogP contribution in [-0.2, 0) is 12.7 Å². The molecular weight excluding hydrogens is 355 g/mol. The number of hydrogen-bond acceptors (Lipinski definition) is 5. The summed E-state index contributed by atoms with van der Waals surface area (Å²) in [5, 5.41) is 4.45. The quantitative estimate of drug-likeness (QED) is 0.740. The predicted molar refractivity (Wildman–Crippen MR) is 89.2 cm³/mol. The predicted octanol–water partition coefficient (Wildman–Crippen LogP) is 3.19. The zero-order valence-corrected chi connectivity index (χ0v) is 14.1. The van der Waals surface area contributed by atoms with Crippen molar-refractivity contribution in [2.24, 2.45) is 5.73 Å². The lowest BCUT2D eigenvalue weighted by atomic mass is 10.0. The third kappa shape index (κ3) is 2.72. The number of halogens is 3. The van der Waals surface area contributed by atoms with Crippen molar-refractivity contribution >= 4 is 33.1 Å². The zero-order valence-electron chi connectivity index (χ0n) is 13.3. The molecule has 3 rings (SSSR count). The van der Waals surface area contributed by atoms with Crippen LogP contribution in [0.25, 0.3) is 21.3 Å². The number of nitrogen functional groups attached to an aromatic ring is 1. The number of hydrogen-bond donors (Lipinski definition) is 2. The van der Waals surface area contributed by atoms with Gasteiger partial charge in [-0.1, -0.05) is 0 Å². The number of nitrogens with zero attached hydrogens (tertiary/aromatic N) is 3. The van der Waals surface area contributed by atoms with Gasteiger partial charge in [-0.15, -0.1) is 11.3 Å². The number of carbonyl (C=O) groups excluding carboxylic acids is 1. The van der Waals surface area contributed by atoms with Crippen molar-refractivity contribution in [1.82, 2.24) is 14.8 Å². The van der Waals surface area contributed by atoms with Crippen LogP contribution in [0.5, 0.6) is 0 Å². The first-order valence-electron chi connectivity index (χ1n) is 7.28. The van der Waals surface area contributed by atoms with Gasteiger partial charge < -0.3 is 11.5 Å². The molecule has 0 saturated carbocycles. The van der Waals surface area contributed by atoms with Gasteiger partial charge in [-0.05, 0) is 25.5 Å². The minimum absolute atomic E-state index is 0.0105. The van der Waals surface area contributed by atoms with Crippen LogP contribution in [0, 0.1) is 6.92 Å². The molecule has 0 spiro atoms. The number of rotatable bonds is 3. The second-order valence-electron chi connectivity index (χ2n) is 5.40. The van der Waals surface area contributed by atoms with Crippen LogP contribution >= 0.6 is 11.3 Å². The van der Waals surface area contributed by atoms with E-state index in [2.05, 4.69) is 10.1 Å². The Kier molecular flexibility index (Phi) is 3.94. The molecule has 0 bridgehead atoms. The number of carbonyl (C=O) groups is 1. The van der Waals surface area contributed by atoms with Gasteiger partial charge in [-0.2, -0.15) is 18.3 Å². The Morgan fingerprint density at radius 2 is 2.04 bits per heavy atom. The maximum atomic E-state index is 13.2. The third-order valence-electron chi connectivity index (χ3n) is 3.91. The van der Waals surface area contributed by atoms with Crippen LogP contribution in [-0.4, -0.2) is 20.7 Å². The third-order valence-corrected chi connectivity index (χ3v) is 5.02. The van der Waals surface area contributed by atoms with Crippen molar-refractivity contribution in [2.45, 2.75) is 26.6 Å². The number of amides is 1. The van der Waals surface area contributed by atoms with Crippen LogP contribution < -0.4 is 11.5 Å². The lowest BCUT2D eigenvalue weighted by molar-refractivity contribution is -0.140. The molecule has 0 atom stereocenters. The topological polar surface area (TPSA) is 99.8 Å². The monoisotopic (exact) mass is 369 g/mol. The van der Waals surface area contributed by atoms with E-state index in [1.165, 1.54) is 6.20 Å². The van der Waals surface area contributed by atoms with Crippen molar-refractivity contribution in [3.8, 4) is 11.1 Å². The Balaban J connectivity index is 2.42. The first kappa shape index (κ1) is 17.2. The van der Waals surface area contributed by atoms with Crippen LogP contribution in [0.2, 0.25) is 0 Å². The summed E-state index contributed by atoms with van der Waals surface area (Å²) in [5.74, 6) is -0.805. The first-order valence-corrected chi connectivity index (χ1v) is 8.09. The minimum atomic E-state index is -4.64. The van der Waals surface area contributed by atoms with E-state index in [0.29, 0.717) is 17.8 Å². The molecule has 3 aromatic rings. The van der Waals surface area contributed by atoms with Crippen LogP contribution in [0.4, 0.5) is 18.9 Å². The van der Waals surface area contributed by atoms with Gasteiger partial charge in [0.25, 0.3) is 5.91 Å². The molecule has 4 N–H and O–H groups in total. The maximum absolute atomic E-state index is 13.2. The van der Waals surface area contributed by atoms with Gasteiger partial charge in [0.05, 0.1) is 11.9 Å². The van der Waals surface area contributed by atoms with E-state index < -0.39 is 17.8 Å². The summed E-state index contributed by atoms with van der Waals surface area (Å²) in [6.45, 7) is 4.19. The number of primary amides is 1. The first-order chi connectivity index (χ1) is 11.6. The molecule has 0 aromatic carbocycles. The second-order valence-corrected chi connectivity index (χ2v) is 6.40. The Morgan fingerprint density at radius 3 is 2.56 bits per heavy atom. The number of thiophene rings is 1. The molecule has 25 heavy (non-hydrogen) atoms. The largest absolute Gasteiger partial charge is 0.433 e. The van der Waals surface area contributed by atoms with Crippen molar-refractivity contribution < 1.29 is 18.0 Å². The fourth-order valence-electron chi connectivity index (χ4n) is 2.69. The summed E-state index contributed by atoms with van der Waals surface area (Å²) >= 11 is 0.752. The van der Waals surface area contributed by atoms with Crippen molar-refractivity contribution in [3.63, 3.8) is 0 Å². The lowest BCUT2D eigenvalue weighted by Crippen LogP contribution is -2.10. The molecule has 132 valence electrons. The number of nitrogens with two attached hydrogens (primary N) is 2. The van der Waals surface area contributed by atoms with Gasteiger partial charge in [0, 0.05) is 23.2 Å². The van der Waals surface area contributed by atoms with Crippen molar-refractivity contribution in [1.29, 1.82) is 0 Å². The van der Waals surface area contributed by atoms with Crippen LogP contribution in [0.15, 0.2) is 12.3 Å². The average Bonchev–Trinajstić information content (AvgIpc) is 3.06. The van der Waals surface area contributed by atoms with Gasteiger partial charge in [-0.3, -0.25) is 9.48 Å². The molecule has 10 heteroatoms. The smallest absolute Gasteiger partial charge is 0.397 e. The van der Waals surface area contributed by atoms with E-state index in [1.807, 2.05) is 6.92 Å². The van der Waals surface area contributed by atoms with Gasteiger partial charge in [0.2, 0.25) is 0 Å². The molecule has 0 unspecified atom stereocenters. The number of anilines is 1. The van der Waals surface area contributed by atoms with Crippen molar-refractivity contribution in [2.75, 3.05) is 5.73 Å². The average molecular weight is 369 g/mol. The molecule has 0 radical (unpaired) electrons. The summed E-state index contributed by atoms with van der Waals surface area (Å²) in [4.78, 5) is 15.2. The molecular formula is C15H14F3N5OS. The molecule has 0 aliphatic heterocycles. The van der Waals surface area contributed by atoms with Crippen LogP contribution in [0.1, 0.15) is 28.0 Å². The Labute approximate surface area is 144 Å². The van der Waals surface area contributed by atoms with E-state index >= 15 is 0 Å². The summed E-state index contributed by atoms with van der Waals surface area (Å²) in [6.07, 6.45) is -3.15. The second kappa shape index (κ2) is 5.73. The molecule has 6 nitrogen and oxygen atoms in total.